The van der Waals surface area contributed by atoms with Gasteiger partial charge < -0.3 is 9.47 Å². The number of para-hydroxylation sites is 1. The predicted molar refractivity (Wildman–Crippen MR) is 109 cm³/mol. The van der Waals surface area contributed by atoms with Crippen LogP contribution in [0.25, 0.3) is 22.2 Å². The smallest absolute Gasteiger partial charge is 0.359 e. The number of hydrogen-bond donors (Lipinski definition) is 2. The summed E-state index contributed by atoms with van der Waals surface area (Å²) >= 11 is 1.28. The molecule has 0 aliphatic carbocycles. The number of esters is 1. The lowest BCUT2D eigenvalue weighted by Crippen LogP contribution is -2.21. The summed E-state index contributed by atoms with van der Waals surface area (Å²) in [5.74, 6) is -0.395. The topological polar surface area (TPSA) is 106 Å². The Hall–Kier alpha value is -3.72. The number of H-pyrrole nitrogens is 1. The molecule has 0 atom stereocenters. The number of nitrogens with one attached hydrogen (secondary N) is 2. The monoisotopic (exact) mass is 408 g/mol. The lowest BCUT2D eigenvalue weighted by atomic mass is 10.2. The normalized spacial score (nSPS) is 10.7. The Bertz CT molecular complexity index is 1170. The van der Waals surface area contributed by atoms with Crippen molar-refractivity contribution in [2.45, 2.75) is 0 Å². The molecule has 146 valence electrons. The SMILES string of the molecule is COc1ccc(-c2csc(NC(=O)COC(=O)c3n[nH]c4ccccc34)n2)cc1. The Morgan fingerprint density at radius 3 is 2.72 bits per heavy atom. The Kier molecular flexibility index (Phi) is 5.21. The number of amides is 1. The number of aromatic amines is 1. The average Bonchev–Trinajstić information content (AvgIpc) is 3.39. The van der Waals surface area contributed by atoms with Gasteiger partial charge in [-0.1, -0.05) is 18.2 Å². The number of carbonyl (C=O) groups excluding carboxylic acids is 2. The summed E-state index contributed by atoms with van der Waals surface area (Å²) in [5.41, 5.74) is 2.49. The summed E-state index contributed by atoms with van der Waals surface area (Å²) in [6, 6.07) is 14.6. The third-order valence-corrected chi connectivity index (χ3v) is 4.89. The zero-order chi connectivity index (χ0) is 20.2. The van der Waals surface area contributed by atoms with Gasteiger partial charge in [-0.05, 0) is 30.3 Å². The highest BCUT2D eigenvalue weighted by molar-refractivity contribution is 7.14. The quantitative estimate of drug-likeness (QED) is 0.473. The van der Waals surface area contributed by atoms with Gasteiger partial charge in [0.15, 0.2) is 17.4 Å². The minimum absolute atomic E-state index is 0.143. The van der Waals surface area contributed by atoms with Crippen LogP contribution in [-0.4, -0.2) is 40.8 Å². The minimum atomic E-state index is -0.671. The van der Waals surface area contributed by atoms with Crippen LogP contribution >= 0.6 is 11.3 Å². The molecule has 0 bridgehead atoms. The van der Waals surface area contributed by atoms with E-state index < -0.39 is 18.5 Å². The molecule has 8 nitrogen and oxygen atoms in total. The van der Waals surface area contributed by atoms with Gasteiger partial charge in [0.25, 0.3) is 5.91 Å². The molecule has 0 radical (unpaired) electrons. The molecule has 0 unspecified atom stereocenters. The number of anilines is 1. The Balaban J connectivity index is 1.35. The molecule has 0 aliphatic rings. The zero-order valence-corrected chi connectivity index (χ0v) is 16.2. The van der Waals surface area contributed by atoms with E-state index >= 15 is 0 Å². The summed E-state index contributed by atoms with van der Waals surface area (Å²) in [5, 5.41) is 12.2. The van der Waals surface area contributed by atoms with E-state index in [9.17, 15) is 9.59 Å². The molecular weight excluding hydrogens is 392 g/mol. The van der Waals surface area contributed by atoms with Crippen LogP contribution in [0.2, 0.25) is 0 Å². The maximum absolute atomic E-state index is 12.2. The molecule has 4 rings (SSSR count). The molecule has 2 N–H and O–H groups in total. The van der Waals surface area contributed by atoms with Gasteiger partial charge in [-0.3, -0.25) is 15.2 Å². The summed E-state index contributed by atoms with van der Waals surface area (Å²) in [6.07, 6.45) is 0. The van der Waals surface area contributed by atoms with Crippen LogP contribution < -0.4 is 10.1 Å². The van der Waals surface area contributed by atoms with Crippen LogP contribution in [0.3, 0.4) is 0 Å². The molecule has 29 heavy (non-hydrogen) atoms. The lowest BCUT2D eigenvalue weighted by Gasteiger charge is -2.03. The number of hydrogen-bond acceptors (Lipinski definition) is 7. The van der Waals surface area contributed by atoms with Gasteiger partial charge >= 0.3 is 5.97 Å². The number of aromatic nitrogens is 3. The lowest BCUT2D eigenvalue weighted by molar-refractivity contribution is -0.119. The summed E-state index contributed by atoms with van der Waals surface area (Å²) in [4.78, 5) is 28.7. The molecule has 0 aliphatic heterocycles. The van der Waals surface area contributed by atoms with E-state index in [0.717, 1.165) is 22.5 Å². The van der Waals surface area contributed by atoms with E-state index in [0.29, 0.717) is 10.5 Å². The van der Waals surface area contributed by atoms with Gasteiger partial charge in [0.05, 0.1) is 18.3 Å². The van der Waals surface area contributed by atoms with Crippen molar-refractivity contribution >= 4 is 39.2 Å². The van der Waals surface area contributed by atoms with Crippen molar-refractivity contribution in [3.05, 3.63) is 59.6 Å². The Morgan fingerprint density at radius 1 is 1.14 bits per heavy atom. The number of benzene rings is 2. The van der Waals surface area contributed by atoms with Crippen LogP contribution in [0.1, 0.15) is 10.5 Å². The van der Waals surface area contributed by atoms with Crippen LogP contribution in [0, 0.1) is 0 Å². The predicted octanol–water partition coefficient (Wildman–Crippen LogP) is 3.49. The largest absolute Gasteiger partial charge is 0.497 e. The van der Waals surface area contributed by atoms with Crippen molar-refractivity contribution in [1.29, 1.82) is 0 Å². The molecule has 4 aromatic rings. The second-order valence-electron chi connectivity index (χ2n) is 6.01. The minimum Gasteiger partial charge on any atom is -0.497 e. The maximum atomic E-state index is 12.2. The number of nitrogens with zero attached hydrogens (tertiary/aromatic N) is 2. The number of thiazole rings is 1. The second-order valence-corrected chi connectivity index (χ2v) is 6.87. The molecule has 0 spiro atoms. The Labute approximate surface area is 169 Å². The van der Waals surface area contributed by atoms with Crippen LogP contribution in [0.5, 0.6) is 5.75 Å². The molecule has 2 aromatic carbocycles. The third kappa shape index (κ3) is 4.09. The highest BCUT2D eigenvalue weighted by atomic mass is 32.1. The highest BCUT2D eigenvalue weighted by Gasteiger charge is 2.17. The van der Waals surface area contributed by atoms with E-state index in [-0.39, 0.29) is 5.69 Å². The number of fused-ring (bicyclic) bond motifs is 1. The summed E-state index contributed by atoms with van der Waals surface area (Å²) < 4.78 is 10.2. The average molecular weight is 408 g/mol. The zero-order valence-electron chi connectivity index (χ0n) is 15.3. The fourth-order valence-corrected chi connectivity index (χ4v) is 3.44. The fourth-order valence-electron chi connectivity index (χ4n) is 2.70. The van der Waals surface area contributed by atoms with Crippen molar-refractivity contribution in [2.24, 2.45) is 0 Å². The standard InChI is InChI=1S/C20H16N4O4S/c1-27-13-8-6-12(7-9-13)16-11-29-20(21-16)22-17(25)10-28-19(26)18-14-4-2-3-5-15(14)23-24-18/h2-9,11H,10H2,1H3,(H,23,24)(H,21,22,25). The van der Waals surface area contributed by atoms with Crippen molar-refractivity contribution < 1.29 is 19.1 Å². The second kappa shape index (κ2) is 8.11. The van der Waals surface area contributed by atoms with Crippen LogP contribution in [0.4, 0.5) is 5.13 Å². The first-order valence-electron chi connectivity index (χ1n) is 8.64. The summed E-state index contributed by atoms with van der Waals surface area (Å²) in [6.45, 7) is -0.433. The number of rotatable bonds is 6. The van der Waals surface area contributed by atoms with E-state index in [1.165, 1.54) is 11.3 Å². The van der Waals surface area contributed by atoms with E-state index in [2.05, 4.69) is 20.5 Å². The molecular formula is C20H16N4O4S. The van der Waals surface area contributed by atoms with Crippen LogP contribution in [-0.2, 0) is 9.53 Å². The first kappa shape index (κ1) is 18.6. The van der Waals surface area contributed by atoms with E-state index in [1.54, 1.807) is 25.3 Å². The molecule has 9 heteroatoms. The van der Waals surface area contributed by atoms with Crippen molar-refractivity contribution in [3.8, 4) is 17.0 Å². The van der Waals surface area contributed by atoms with Gasteiger partial charge in [-0.15, -0.1) is 11.3 Å². The van der Waals surface area contributed by atoms with Crippen molar-refractivity contribution in [2.75, 3.05) is 19.0 Å². The molecule has 0 saturated carbocycles. The van der Waals surface area contributed by atoms with Gasteiger partial charge in [0.1, 0.15) is 5.75 Å². The van der Waals surface area contributed by atoms with Gasteiger partial charge in [-0.2, -0.15) is 5.10 Å². The van der Waals surface area contributed by atoms with Gasteiger partial charge in [-0.25, -0.2) is 9.78 Å². The molecule has 2 heterocycles. The van der Waals surface area contributed by atoms with E-state index in [4.69, 9.17) is 9.47 Å². The summed E-state index contributed by atoms with van der Waals surface area (Å²) in [7, 11) is 1.60. The van der Waals surface area contributed by atoms with Crippen LogP contribution in [0.15, 0.2) is 53.9 Å². The van der Waals surface area contributed by atoms with Crippen molar-refractivity contribution in [3.63, 3.8) is 0 Å². The van der Waals surface area contributed by atoms with Crippen molar-refractivity contribution in [1.82, 2.24) is 15.2 Å². The molecule has 1 amide bonds. The van der Waals surface area contributed by atoms with Gasteiger partial charge in [0, 0.05) is 16.3 Å². The highest BCUT2D eigenvalue weighted by Crippen LogP contribution is 2.26. The third-order valence-electron chi connectivity index (χ3n) is 4.13. The number of ether oxygens (including phenoxy) is 2. The number of carbonyl (C=O) groups is 2. The maximum Gasteiger partial charge on any atom is 0.359 e. The van der Waals surface area contributed by atoms with E-state index in [1.807, 2.05) is 35.7 Å². The van der Waals surface area contributed by atoms with Gasteiger partial charge in [0.2, 0.25) is 0 Å². The Morgan fingerprint density at radius 2 is 1.93 bits per heavy atom. The molecule has 0 fully saturated rings. The first-order valence-corrected chi connectivity index (χ1v) is 9.52. The number of methoxy groups -OCH3 is 1. The molecule has 0 saturated heterocycles. The first-order chi connectivity index (χ1) is 14.1. The molecule has 2 aromatic heterocycles. The fraction of sp³-hybridized carbons (Fsp3) is 0.100.